The van der Waals surface area contributed by atoms with Gasteiger partial charge in [-0.15, -0.1) is 11.3 Å². The lowest BCUT2D eigenvalue weighted by molar-refractivity contribution is -0.119. The predicted octanol–water partition coefficient (Wildman–Crippen LogP) is 2.77. The number of benzene rings is 1. The Morgan fingerprint density at radius 3 is 2.59 bits per heavy atom. The van der Waals surface area contributed by atoms with Gasteiger partial charge in [-0.2, -0.15) is 0 Å². The number of halogens is 1. The second kappa shape index (κ2) is 9.37. The molecule has 0 saturated carbocycles. The zero-order valence-electron chi connectivity index (χ0n) is 17.0. The first-order valence-corrected chi connectivity index (χ1v) is 10.5. The first kappa shape index (κ1) is 21.3. The Kier molecular flexibility index (Phi) is 6.87. The third-order valence-electron chi connectivity index (χ3n) is 5.04. The molecule has 1 atom stereocenters. The fourth-order valence-corrected chi connectivity index (χ4v) is 4.21. The van der Waals surface area contributed by atoms with Gasteiger partial charge >= 0.3 is 0 Å². The van der Waals surface area contributed by atoms with Crippen LogP contribution in [-0.2, 0) is 11.3 Å². The van der Waals surface area contributed by atoms with Crippen molar-refractivity contribution in [3.05, 3.63) is 51.5 Å². The van der Waals surface area contributed by atoms with E-state index in [4.69, 9.17) is 0 Å². The van der Waals surface area contributed by atoms with Crippen molar-refractivity contribution in [3.63, 3.8) is 0 Å². The highest BCUT2D eigenvalue weighted by Gasteiger charge is 2.22. The van der Waals surface area contributed by atoms with E-state index in [1.54, 1.807) is 12.1 Å². The Morgan fingerprint density at radius 2 is 1.90 bits per heavy atom. The number of hydrogen-bond donors (Lipinski definition) is 2. The number of thiophene rings is 1. The summed E-state index contributed by atoms with van der Waals surface area (Å²) in [6.45, 7) is 7.37. The number of carbonyl (C=O) groups is 2. The third kappa shape index (κ3) is 5.55. The van der Waals surface area contributed by atoms with Crippen LogP contribution in [0.4, 0.5) is 10.1 Å². The summed E-state index contributed by atoms with van der Waals surface area (Å²) >= 11 is 1.34. The van der Waals surface area contributed by atoms with Gasteiger partial charge in [0.15, 0.2) is 0 Å². The lowest BCUT2D eigenvalue weighted by Gasteiger charge is -2.36. The maximum absolute atomic E-state index is 14.0. The van der Waals surface area contributed by atoms with E-state index >= 15 is 0 Å². The second-order valence-electron chi connectivity index (χ2n) is 7.36. The molecule has 1 aliphatic heterocycles. The molecule has 0 spiro atoms. The van der Waals surface area contributed by atoms with Crippen LogP contribution in [0.2, 0.25) is 0 Å². The maximum Gasteiger partial charge on any atom is 0.261 e. The van der Waals surface area contributed by atoms with Gasteiger partial charge in [0.1, 0.15) is 5.82 Å². The summed E-state index contributed by atoms with van der Waals surface area (Å²) < 4.78 is 14.0. The first-order chi connectivity index (χ1) is 13.8. The lowest BCUT2D eigenvalue weighted by atomic mass is 10.0. The molecule has 1 aromatic heterocycles. The molecule has 29 heavy (non-hydrogen) atoms. The predicted molar refractivity (Wildman–Crippen MR) is 114 cm³/mol. The SMILES string of the molecule is CC(=O)NCc1ccc(C(=O)NC(C)c2cc(F)ccc2N2CCN(C)CC2)s1. The average molecular weight is 419 g/mol. The summed E-state index contributed by atoms with van der Waals surface area (Å²) in [6.07, 6.45) is 0. The van der Waals surface area contributed by atoms with E-state index in [-0.39, 0.29) is 23.7 Å². The number of nitrogens with zero attached hydrogens (tertiary/aromatic N) is 2. The largest absolute Gasteiger partial charge is 0.369 e. The Labute approximate surface area is 174 Å². The molecule has 2 aromatic rings. The zero-order valence-corrected chi connectivity index (χ0v) is 17.8. The minimum Gasteiger partial charge on any atom is -0.369 e. The van der Waals surface area contributed by atoms with Gasteiger partial charge in [-0.25, -0.2) is 4.39 Å². The van der Waals surface area contributed by atoms with Crippen molar-refractivity contribution in [2.45, 2.75) is 26.4 Å². The van der Waals surface area contributed by atoms with Crippen molar-refractivity contribution in [1.82, 2.24) is 15.5 Å². The van der Waals surface area contributed by atoms with Gasteiger partial charge in [-0.1, -0.05) is 0 Å². The normalized spacial score (nSPS) is 15.8. The molecule has 0 aliphatic carbocycles. The van der Waals surface area contributed by atoms with Crippen LogP contribution in [0.15, 0.2) is 30.3 Å². The first-order valence-electron chi connectivity index (χ1n) is 9.70. The highest BCUT2D eigenvalue weighted by Crippen LogP contribution is 2.29. The molecule has 8 heteroatoms. The summed E-state index contributed by atoms with van der Waals surface area (Å²) in [5, 5.41) is 5.71. The molecule has 1 saturated heterocycles. The molecule has 6 nitrogen and oxygen atoms in total. The number of carbonyl (C=O) groups excluding carboxylic acids is 2. The number of piperazine rings is 1. The molecule has 3 rings (SSSR count). The van der Waals surface area contributed by atoms with Crippen LogP contribution < -0.4 is 15.5 Å². The molecular formula is C21H27FN4O2S. The molecular weight excluding hydrogens is 391 g/mol. The van der Waals surface area contributed by atoms with Gasteiger partial charge in [-0.3, -0.25) is 9.59 Å². The van der Waals surface area contributed by atoms with Crippen molar-refractivity contribution in [3.8, 4) is 0 Å². The van der Waals surface area contributed by atoms with Gasteiger partial charge in [-0.05, 0) is 44.3 Å². The molecule has 2 amide bonds. The van der Waals surface area contributed by atoms with Gasteiger partial charge in [0.05, 0.1) is 17.5 Å². The van der Waals surface area contributed by atoms with Crippen molar-refractivity contribution in [1.29, 1.82) is 0 Å². The molecule has 1 unspecified atom stereocenters. The number of amides is 2. The second-order valence-corrected chi connectivity index (χ2v) is 8.53. The standard InChI is InChI=1S/C21H27FN4O2S/c1-14(24-21(28)20-7-5-17(29-20)13-23-15(2)27)18-12-16(22)4-6-19(18)26-10-8-25(3)9-11-26/h4-7,12,14H,8-11,13H2,1-3H3,(H,23,27)(H,24,28). The average Bonchev–Trinajstić information content (AvgIpc) is 3.16. The monoisotopic (exact) mass is 418 g/mol. The van der Waals surface area contributed by atoms with Crippen LogP contribution in [0.1, 0.15) is 40.0 Å². The highest BCUT2D eigenvalue weighted by atomic mass is 32.1. The van der Waals surface area contributed by atoms with Gasteiger partial charge in [0, 0.05) is 49.2 Å². The van der Waals surface area contributed by atoms with Gasteiger partial charge in [0.2, 0.25) is 5.91 Å². The Hall–Kier alpha value is -2.45. The Bertz CT molecular complexity index is 877. The van der Waals surface area contributed by atoms with Crippen LogP contribution in [0.3, 0.4) is 0 Å². The van der Waals surface area contributed by atoms with Crippen LogP contribution in [0, 0.1) is 5.82 Å². The molecule has 156 valence electrons. The minimum atomic E-state index is -0.339. The maximum atomic E-state index is 14.0. The Balaban J connectivity index is 1.71. The quantitative estimate of drug-likeness (QED) is 0.757. The van der Waals surface area contributed by atoms with E-state index in [1.807, 2.05) is 13.0 Å². The van der Waals surface area contributed by atoms with E-state index in [9.17, 15) is 14.0 Å². The molecule has 1 aliphatic rings. The smallest absolute Gasteiger partial charge is 0.261 e. The number of hydrogen-bond acceptors (Lipinski definition) is 5. The van der Waals surface area contributed by atoms with Crippen LogP contribution >= 0.6 is 11.3 Å². The molecule has 0 radical (unpaired) electrons. The van der Waals surface area contributed by atoms with Crippen LogP contribution in [-0.4, -0.2) is 49.9 Å². The third-order valence-corrected chi connectivity index (χ3v) is 6.13. The Morgan fingerprint density at radius 1 is 1.17 bits per heavy atom. The van der Waals surface area contributed by atoms with E-state index < -0.39 is 0 Å². The van der Waals surface area contributed by atoms with Gasteiger partial charge < -0.3 is 20.4 Å². The van der Waals surface area contributed by atoms with Crippen molar-refractivity contribution in [2.24, 2.45) is 0 Å². The number of rotatable bonds is 6. The molecule has 1 fully saturated rings. The fraction of sp³-hybridized carbons (Fsp3) is 0.429. The van der Waals surface area contributed by atoms with Crippen LogP contribution in [0.5, 0.6) is 0 Å². The van der Waals surface area contributed by atoms with E-state index in [1.165, 1.54) is 30.4 Å². The molecule has 2 heterocycles. The minimum absolute atomic E-state index is 0.111. The highest BCUT2D eigenvalue weighted by molar-refractivity contribution is 7.14. The lowest BCUT2D eigenvalue weighted by Crippen LogP contribution is -2.45. The summed E-state index contributed by atoms with van der Waals surface area (Å²) in [7, 11) is 2.09. The van der Waals surface area contributed by atoms with Crippen LogP contribution in [0.25, 0.3) is 0 Å². The van der Waals surface area contributed by atoms with Crippen molar-refractivity contribution >= 4 is 28.8 Å². The fourth-order valence-electron chi connectivity index (χ4n) is 3.36. The van der Waals surface area contributed by atoms with Crippen molar-refractivity contribution in [2.75, 3.05) is 38.1 Å². The summed E-state index contributed by atoms with van der Waals surface area (Å²) in [5.41, 5.74) is 1.74. The molecule has 0 bridgehead atoms. The van der Waals surface area contributed by atoms with Crippen molar-refractivity contribution < 1.29 is 14.0 Å². The molecule has 1 aromatic carbocycles. The van der Waals surface area contributed by atoms with E-state index in [0.717, 1.165) is 42.3 Å². The number of likely N-dealkylation sites (N-methyl/N-ethyl adjacent to an activating group) is 1. The number of nitrogens with one attached hydrogen (secondary N) is 2. The van der Waals surface area contributed by atoms with E-state index in [0.29, 0.717) is 11.4 Å². The topological polar surface area (TPSA) is 64.7 Å². The summed E-state index contributed by atoms with van der Waals surface area (Å²) in [6, 6.07) is 8.02. The summed E-state index contributed by atoms with van der Waals surface area (Å²) in [4.78, 5) is 29.7. The number of anilines is 1. The van der Waals surface area contributed by atoms with E-state index in [2.05, 4.69) is 27.5 Å². The van der Waals surface area contributed by atoms with Gasteiger partial charge in [0.25, 0.3) is 5.91 Å². The molecule has 2 N–H and O–H groups in total. The summed E-state index contributed by atoms with van der Waals surface area (Å²) in [5.74, 6) is -0.626. The zero-order chi connectivity index (χ0) is 21.0.